The molecule has 3 rings (SSSR count). The lowest BCUT2D eigenvalue weighted by Gasteiger charge is -2.36. The van der Waals surface area contributed by atoms with Gasteiger partial charge >= 0.3 is 0 Å². The van der Waals surface area contributed by atoms with Crippen LogP contribution in [0, 0.1) is 11.6 Å². The highest BCUT2D eigenvalue weighted by Gasteiger charge is 2.46. The molecule has 0 saturated carbocycles. The maximum absolute atomic E-state index is 13.3. The highest BCUT2D eigenvalue weighted by Crippen LogP contribution is 2.39. The quantitative estimate of drug-likeness (QED) is 0.903. The van der Waals surface area contributed by atoms with Gasteiger partial charge in [-0.1, -0.05) is 0 Å². The zero-order chi connectivity index (χ0) is 14.5. The van der Waals surface area contributed by atoms with Gasteiger partial charge in [0.1, 0.15) is 0 Å². The molecule has 1 aromatic rings. The molecule has 0 radical (unpaired) electrons. The Labute approximate surface area is 116 Å². The zero-order valence-electron chi connectivity index (χ0n) is 10.7. The van der Waals surface area contributed by atoms with Gasteiger partial charge in [-0.3, -0.25) is 0 Å². The summed E-state index contributed by atoms with van der Waals surface area (Å²) in [6, 6.07) is 2.12. The number of hydrogen-bond donors (Lipinski definition) is 1. The number of rotatable bonds is 2. The first kappa shape index (κ1) is 13.9. The van der Waals surface area contributed by atoms with E-state index in [9.17, 15) is 22.3 Å². The van der Waals surface area contributed by atoms with Crippen LogP contribution in [0.1, 0.15) is 25.7 Å². The second kappa shape index (κ2) is 4.75. The van der Waals surface area contributed by atoms with Crippen LogP contribution in [0.5, 0.6) is 0 Å². The van der Waals surface area contributed by atoms with E-state index >= 15 is 0 Å². The summed E-state index contributed by atoms with van der Waals surface area (Å²) < 4.78 is 52.7. The molecule has 2 atom stereocenters. The van der Waals surface area contributed by atoms with Gasteiger partial charge in [0.05, 0.1) is 11.0 Å². The molecule has 7 heteroatoms. The van der Waals surface area contributed by atoms with Crippen LogP contribution in [-0.4, -0.2) is 36.0 Å². The Morgan fingerprint density at radius 2 is 1.70 bits per heavy atom. The van der Waals surface area contributed by atoms with E-state index in [1.807, 2.05) is 0 Å². The normalized spacial score (nSPS) is 30.6. The summed E-state index contributed by atoms with van der Waals surface area (Å²) in [6.45, 7) is 0. The van der Waals surface area contributed by atoms with E-state index in [0.29, 0.717) is 25.7 Å². The van der Waals surface area contributed by atoms with Crippen LogP contribution >= 0.6 is 0 Å². The van der Waals surface area contributed by atoms with Gasteiger partial charge in [-0.05, 0) is 43.9 Å². The second-order valence-corrected chi connectivity index (χ2v) is 7.26. The van der Waals surface area contributed by atoms with E-state index < -0.39 is 27.8 Å². The predicted molar refractivity (Wildman–Crippen MR) is 67.4 cm³/mol. The molecule has 1 aromatic carbocycles. The molecule has 2 unspecified atom stereocenters. The number of benzene rings is 1. The van der Waals surface area contributed by atoms with Crippen molar-refractivity contribution in [2.24, 2.45) is 0 Å². The van der Waals surface area contributed by atoms with Crippen molar-refractivity contribution in [3.63, 3.8) is 0 Å². The van der Waals surface area contributed by atoms with Crippen LogP contribution < -0.4 is 0 Å². The lowest BCUT2D eigenvalue weighted by atomic mass is 10.0. The van der Waals surface area contributed by atoms with E-state index in [0.717, 1.165) is 18.2 Å². The highest BCUT2D eigenvalue weighted by atomic mass is 32.2. The first-order chi connectivity index (χ1) is 9.39. The number of aliphatic hydroxyl groups is 1. The minimum absolute atomic E-state index is 0.232. The lowest BCUT2D eigenvalue weighted by Crippen LogP contribution is -2.47. The largest absolute Gasteiger partial charge is 0.393 e. The Morgan fingerprint density at radius 1 is 1.10 bits per heavy atom. The number of nitrogens with zero attached hydrogens (tertiary/aromatic N) is 1. The first-order valence-electron chi connectivity index (χ1n) is 6.56. The minimum Gasteiger partial charge on any atom is -0.393 e. The van der Waals surface area contributed by atoms with Crippen molar-refractivity contribution in [2.75, 3.05) is 0 Å². The van der Waals surface area contributed by atoms with E-state index in [2.05, 4.69) is 0 Å². The van der Waals surface area contributed by atoms with Crippen molar-refractivity contribution in [3.8, 4) is 0 Å². The fourth-order valence-corrected chi connectivity index (χ4v) is 5.16. The predicted octanol–water partition coefficient (Wildman–Crippen LogP) is 1.64. The first-order valence-corrected chi connectivity index (χ1v) is 8.00. The Balaban J connectivity index is 1.98. The molecule has 2 heterocycles. The van der Waals surface area contributed by atoms with Crippen LogP contribution in [0.4, 0.5) is 8.78 Å². The summed E-state index contributed by atoms with van der Waals surface area (Å²) in [5.41, 5.74) is 0. The van der Waals surface area contributed by atoms with Gasteiger partial charge in [0, 0.05) is 12.1 Å². The van der Waals surface area contributed by atoms with Crippen molar-refractivity contribution in [1.29, 1.82) is 0 Å². The fraction of sp³-hybridized carbons (Fsp3) is 0.538. The average Bonchev–Trinajstić information content (AvgIpc) is 2.66. The highest BCUT2D eigenvalue weighted by molar-refractivity contribution is 7.89. The summed E-state index contributed by atoms with van der Waals surface area (Å²) in [5, 5.41) is 9.69. The molecule has 110 valence electrons. The number of halogens is 2. The Hall–Kier alpha value is -1.05. The Kier molecular flexibility index (Phi) is 3.30. The number of sulfonamides is 1. The molecular weight excluding hydrogens is 288 g/mol. The number of piperidine rings is 1. The van der Waals surface area contributed by atoms with E-state index in [4.69, 9.17) is 0 Å². The smallest absolute Gasteiger partial charge is 0.243 e. The minimum atomic E-state index is -3.85. The van der Waals surface area contributed by atoms with Gasteiger partial charge in [-0.2, -0.15) is 4.31 Å². The molecule has 2 aliphatic rings. The molecule has 4 nitrogen and oxygen atoms in total. The van der Waals surface area contributed by atoms with Crippen molar-refractivity contribution in [2.45, 2.75) is 48.8 Å². The molecule has 2 bridgehead atoms. The zero-order valence-corrected chi connectivity index (χ0v) is 11.5. The molecule has 0 amide bonds. The van der Waals surface area contributed by atoms with Gasteiger partial charge in [0.25, 0.3) is 0 Å². The number of fused-ring (bicyclic) bond motifs is 2. The van der Waals surface area contributed by atoms with Crippen LogP contribution in [0.2, 0.25) is 0 Å². The summed E-state index contributed by atoms with van der Waals surface area (Å²) in [5.74, 6) is -2.24. The van der Waals surface area contributed by atoms with E-state index in [1.165, 1.54) is 4.31 Å². The number of hydrogen-bond acceptors (Lipinski definition) is 3. The fourth-order valence-electron chi connectivity index (χ4n) is 3.26. The average molecular weight is 303 g/mol. The summed E-state index contributed by atoms with van der Waals surface area (Å²) in [6.07, 6.45) is 1.72. The van der Waals surface area contributed by atoms with Crippen molar-refractivity contribution in [3.05, 3.63) is 29.8 Å². The molecule has 0 aromatic heterocycles. The van der Waals surface area contributed by atoms with Crippen LogP contribution in [0.25, 0.3) is 0 Å². The van der Waals surface area contributed by atoms with Crippen LogP contribution in [0.3, 0.4) is 0 Å². The van der Waals surface area contributed by atoms with Gasteiger partial charge in [-0.15, -0.1) is 0 Å². The third kappa shape index (κ3) is 2.13. The third-order valence-electron chi connectivity index (χ3n) is 4.11. The van der Waals surface area contributed by atoms with Gasteiger partial charge < -0.3 is 5.11 Å². The molecule has 1 N–H and O–H groups in total. The van der Waals surface area contributed by atoms with Crippen molar-refractivity contribution >= 4 is 10.0 Å². The maximum atomic E-state index is 13.3. The van der Waals surface area contributed by atoms with Gasteiger partial charge in [0.15, 0.2) is 11.6 Å². The number of aliphatic hydroxyl groups excluding tert-OH is 1. The summed E-state index contributed by atoms with van der Waals surface area (Å²) in [4.78, 5) is -0.232. The SMILES string of the molecule is O=S(=O)(c1ccc(F)c(F)c1)N1C2CCC1CC(O)C2. The lowest BCUT2D eigenvalue weighted by molar-refractivity contribution is 0.0768. The molecule has 2 fully saturated rings. The standard InChI is InChI=1S/C13H15F2NO3S/c14-12-4-3-11(7-13(12)15)20(18,19)16-8-1-2-9(16)6-10(17)5-8/h3-4,7-10,17H,1-2,5-6H2. The topological polar surface area (TPSA) is 57.6 Å². The molecule has 2 aliphatic heterocycles. The van der Waals surface area contributed by atoms with Crippen LogP contribution in [-0.2, 0) is 10.0 Å². The third-order valence-corrected chi connectivity index (χ3v) is 6.11. The summed E-state index contributed by atoms with van der Waals surface area (Å²) >= 11 is 0. The summed E-state index contributed by atoms with van der Waals surface area (Å²) in [7, 11) is -3.85. The molecule has 2 saturated heterocycles. The van der Waals surface area contributed by atoms with E-state index in [-0.39, 0.29) is 17.0 Å². The van der Waals surface area contributed by atoms with E-state index in [1.54, 1.807) is 0 Å². The molecular formula is C13H15F2NO3S. The maximum Gasteiger partial charge on any atom is 0.243 e. The van der Waals surface area contributed by atoms with Gasteiger partial charge in [-0.25, -0.2) is 17.2 Å². The molecule has 20 heavy (non-hydrogen) atoms. The van der Waals surface area contributed by atoms with Crippen molar-refractivity contribution < 1.29 is 22.3 Å². The Morgan fingerprint density at radius 3 is 2.25 bits per heavy atom. The van der Waals surface area contributed by atoms with Crippen molar-refractivity contribution in [1.82, 2.24) is 4.31 Å². The monoisotopic (exact) mass is 303 g/mol. The molecule has 0 aliphatic carbocycles. The van der Waals surface area contributed by atoms with Crippen LogP contribution in [0.15, 0.2) is 23.1 Å². The molecule has 0 spiro atoms. The van der Waals surface area contributed by atoms with Gasteiger partial charge in [0.2, 0.25) is 10.0 Å². The Bertz CT molecular complexity index is 621. The second-order valence-electron chi connectivity index (χ2n) is 5.42.